The molecule has 0 saturated heterocycles. The highest BCUT2D eigenvalue weighted by atomic mass is 16.5. The lowest BCUT2D eigenvalue weighted by molar-refractivity contribution is -0.152. The summed E-state index contributed by atoms with van der Waals surface area (Å²) in [5, 5.41) is 12.5. The molecular weight excluding hydrogens is 306 g/mol. The first-order chi connectivity index (χ1) is 11.6. The first-order valence-electron chi connectivity index (χ1n) is 8.42. The van der Waals surface area contributed by atoms with Gasteiger partial charge in [-0.25, -0.2) is 0 Å². The van der Waals surface area contributed by atoms with Crippen molar-refractivity contribution in [3.8, 4) is 5.75 Å². The van der Waals surface area contributed by atoms with E-state index in [4.69, 9.17) is 4.74 Å². The third kappa shape index (κ3) is 3.16. The summed E-state index contributed by atoms with van der Waals surface area (Å²) in [6.45, 7) is 0.475. The molecule has 0 radical (unpaired) electrons. The molecule has 4 atom stereocenters. The zero-order valence-corrected chi connectivity index (χ0v) is 13.8. The van der Waals surface area contributed by atoms with E-state index in [0.29, 0.717) is 13.0 Å². The number of hydrogen-bond donors (Lipinski definition) is 2. The molecule has 3 aliphatic carbocycles. The molecule has 128 valence electrons. The Kier molecular flexibility index (Phi) is 4.88. The zero-order chi connectivity index (χ0) is 17.1. The molecule has 1 saturated carbocycles. The van der Waals surface area contributed by atoms with Gasteiger partial charge in [0.15, 0.2) is 0 Å². The number of aliphatic carboxylic acids is 1. The normalized spacial score (nSPS) is 27.7. The highest BCUT2D eigenvalue weighted by molar-refractivity contribution is 5.86. The largest absolute Gasteiger partial charge is 0.496 e. The summed E-state index contributed by atoms with van der Waals surface area (Å²) in [5.41, 5.74) is 1.03. The van der Waals surface area contributed by atoms with Crippen LogP contribution in [0.1, 0.15) is 18.4 Å². The molecule has 1 aromatic carbocycles. The van der Waals surface area contributed by atoms with Crippen LogP contribution in [0.15, 0.2) is 36.4 Å². The molecule has 2 bridgehead atoms. The Morgan fingerprint density at radius 3 is 2.46 bits per heavy atom. The van der Waals surface area contributed by atoms with E-state index >= 15 is 0 Å². The van der Waals surface area contributed by atoms with Crippen LogP contribution < -0.4 is 10.1 Å². The predicted octanol–water partition coefficient (Wildman–Crippen LogP) is 2.27. The van der Waals surface area contributed by atoms with Gasteiger partial charge in [0.1, 0.15) is 5.75 Å². The quantitative estimate of drug-likeness (QED) is 0.785. The summed E-state index contributed by atoms with van der Waals surface area (Å²) in [6.07, 6.45) is 6.42. The van der Waals surface area contributed by atoms with Crippen molar-refractivity contribution in [2.75, 3.05) is 13.7 Å². The van der Waals surface area contributed by atoms with Crippen LogP contribution in [0.5, 0.6) is 5.75 Å². The molecule has 0 spiro atoms. The first kappa shape index (κ1) is 16.6. The van der Waals surface area contributed by atoms with Gasteiger partial charge in [-0.15, -0.1) is 0 Å². The summed E-state index contributed by atoms with van der Waals surface area (Å²) >= 11 is 0. The van der Waals surface area contributed by atoms with E-state index in [0.717, 1.165) is 24.2 Å². The topological polar surface area (TPSA) is 75.6 Å². The summed E-state index contributed by atoms with van der Waals surface area (Å²) < 4.78 is 5.31. The molecule has 3 aliphatic rings. The summed E-state index contributed by atoms with van der Waals surface area (Å²) in [5.74, 6) is -1.23. The molecule has 2 N–H and O–H groups in total. The Morgan fingerprint density at radius 2 is 1.83 bits per heavy atom. The fourth-order valence-electron chi connectivity index (χ4n) is 4.04. The molecule has 1 fully saturated rings. The van der Waals surface area contributed by atoms with E-state index in [1.54, 1.807) is 7.11 Å². The Labute approximate surface area is 141 Å². The second-order valence-electron chi connectivity index (χ2n) is 6.53. The highest BCUT2D eigenvalue weighted by Crippen LogP contribution is 2.45. The van der Waals surface area contributed by atoms with Gasteiger partial charge < -0.3 is 15.2 Å². The molecule has 5 nitrogen and oxygen atoms in total. The van der Waals surface area contributed by atoms with Crippen LogP contribution in [0.3, 0.4) is 0 Å². The number of nitrogens with one attached hydrogen (secondary N) is 1. The number of rotatable bonds is 6. The van der Waals surface area contributed by atoms with Crippen molar-refractivity contribution >= 4 is 11.9 Å². The minimum absolute atomic E-state index is 0.0162. The Morgan fingerprint density at radius 1 is 1.17 bits per heavy atom. The van der Waals surface area contributed by atoms with Gasteiger partial charge in [-0.2, -0.15) is 0 Å². The van der Waals surface area contributed by atoms with Crippen molar-refractivity contribution in [1.82, 2.24) is 5.32 Å². The molecule has 0 heterocycles. The van der Waals surface area contributed by atoms with Gasteiger partial charge in [0.25, 0.3) is 0 Å². The maximum Gasteiger partial charge on any atom is 0.307 e. The van der Waals surface area contributed by atoms with Crippen molar-refractivity contribution in [3.63, 3.8) is 0 Å². The van der Waals surface area contributed by atoms with Crippen LogP contribution in [-0.2, 0) is 16.0 Å². The molecule has 4 rings (SSSR count). The van der Waals surface area contributed by atoms with Gasteiger partial charge in [-0.1, -0.05) is 30.4 Å². The lowest BCUT2D eigenvalue weighted by Gasteiger charge is -2.41. The number of hydrogen-bond acceptors (Lipinski definition) is 3. The van der Waals surface area contributed by atoms with Crippen molar-refractivity contribution in [2.24, 2.45) is 23.7 Å². The number of carboxylic acids is 1. The first-order valence-corrected chi connectivity index (χ1v) is 8.42. The van der Waals surface area contributed by atoms with Gasteiger partial charge in [0.05, 0.1) is 18.9 Å². The summed E-state index contributed by atoms with van der Waals surface area (Å²) in [7, 11) is 1.62. The van der Waals surface area contributed by atoms with Gasteiger partial charge in [0, 0.05) is 6.54 Å². The Balaban J connectivity index is 1.62. The number of amides is 1. The number of allylic oxidation sites excluding steroid dienone is 2. The smallest absolute Gasteiger partial charge is 0.307 e. The maximum atomic E-state index is 12.6. The van der Waals surface area contributed by atoms with E-state index in [1.165, 1.54) is 0 Å². The number of para-hydroxylation sites is 1. The van der Waals surface area contributed by atoms with Crippen molar-refractivity contribution in [1.29, 1.82) is 0 Å². The van der Waals surface area contributed by atoms with E-state index < -0.39 is 17.8 Å². The number of benzene rings is 1. The second kappa shape index (κ2) is 7.07. The third-order valence-electron chi connectivity index (χ3n) is 5.22. The molecule has 5 heteroatoms. The predicted molar refractivity (Wildman–Crippen MR) is 89.7 cm³/mol. The van der Waals surface area contributed by atoms with Crippen molar-refractivity contribution in [3.05, 3.63) is 42.0 Å². The molecule has 1 amide bonds. The minimum atomic E-state index is -0.862. The number of carbonyl (C=O) groups is 2. The van der Waals surface area contributed by atoms with Gasteiger partial charge >= 0.3 is 5.97 Å². The Bertz CT molecular complexity index is 655. The molecule has 0 aromatic heterocycles. The molecule has 24 heavy (non-hydrogen) atoms. The van der Waals surface area contributed by atoms with Crippen LogP contribution in [0.25, 0.3) is 0 Å². The van der Waals surface area contributed by atoms with Crippen LogP contribution in [-0.4, -0.2) is 30.6 Å². The standard InChI is InChI=1S/C19H23NO4/c1-24-15-5-3-2-4-12(15)10-11-20-18(21)16-13-6-8-14(9-7-13)17(16)19(22)23/h2-6,8,13-14,16-17H,7,9-11H2,1H3,(H,20,21)(H,22,23). The fraction of sp³-hybridized carbons (Fsp3) is 0.474. The van der Waals surface area contributed by atoms with E-state index in [-0.39, 0.29) is 17.7 Å². The number of carboxylic acid groups (broad SMARTS) is 1. The average Bonchev–Trinajstić information content (AvgIpc) is 2.62. The number of methoxy groups -OCH3 is 1. The number of fused-ring (bicyclic) bond motifs is 2. The van der Waals surface area contributed by atoms with Gasteiger partial charge in [-0.3, -0.25) is 9.59 Å². The van der Waals surface area contributed by atoms with Gasteiger partial charge in [0.2, 0.25) is 5.91 Å². The van der Waals surface area contributed by atoms with E-state index in [1.807, 2.05) is 36.4 Å². The number of carbonyl (C=O) groups excluding carboxylic acids is 1. The van der Waals surface area contributed by atoms with Crippen molar-refractivity contribution in [2.45, 2.75) is 19.3 Å². The SMILES string of the molecule is COc1ccccc1CCNC(=O)C1C2C=CC(CC2)C1C(=O)O. The van der Waals surface area contributed by atoms with Crippen LogP contribution in [0.2, 0.25) is 0 Å². The highest BCUT2D eigenvalue weighted by Gasteiger charge is 2.47. The van der Waals surface area contributed by atoms with Crippen LogP contribution in [0.4, 0.5) is 0 Å². The Hall–Kier alpha value is -2.30. The maximum absolute atomic E-state index is 12.6. The molecule has 4 unspecified atom stereocenters. The summed E-state index contributed by atoms with van der Waals surface area (Å²) in [4.78, 5) is 24.2. The average molecular weight is 329 g/mol. The molecule has 0 aliphatic heterocycles. The van der Waals surface area contributed by atoms with Gasteiger partial charge in [-0.05, 0) is 42.7 Å². The monoisotopic (exact) mass is 329 g/mol. The van der Waals surface area contributed by atoms with Crippen LogP contribution >= 0.6 is 0 Å². The fourth-order valence-corrected chi connectivity index (χ4v) is 4.04. The van der Waals surface area contributed by atoms with E-state index in [9.17, 15) is 14.7 Å². The van der Waals surface area contributed by atoms with E-state index in [2.05, 4.69) is 5.32 Å². The zero-order valence-electron chi connectivity index (χ0n) is 13.8. The van der Waals surface area contributed by atoms with Crippen molar-refractivity contribution < 1.29 is 19.4 Å². The van der Waals surface area contributed by atoms with Crippen LogP contribution in [0, 0.1) is 23.7 Å². The second-order valence-corrected chi connectivity index (χ2v) is 6.53. The lowest BCUT2D eigenvalue weighted by atomic mass is 9.62. The summed E-state index contributed by atoms with van der Waals surface area (Å²) in [6, 6.07) is 7.70. The number of ether oxygens (including phenoxy) is 1. The molecular formula is C19H23NO4. The lowest BCUT2D eigenvalue weighted by Crippen LogP contribution is -2.49. The minimum Gasteiger partial charge on any atom is -0.496 e. The third-order valence-corrected chi connectivity index (χ3v) is 5.22. The molecule has 1 aromatic rings.